The SMILES string of the molecule is COCNC(=O)c1ccc(C2(NC(=O)OC(C)(C)C)CCC2)cc1. The lowest BCUT2D eigenvalue weighted by atomic mass is 9.72. The molecular weight excluding hydrogens is 308 g/mol. The average molecular weight is 334 g/mol. The molecule has 0 saturated heterocycles. The van der Waals surface area contributed by atoms with Crippen molar-refractivity contribution in [2.45, 2.75) is 51.2 Å². The lowest BCUT2D eigenvalue weighted by Crippen LogP contribution is -2.52. The number of ether oxygens (including phenoxy) is 2. The second-order valence-corrected chi connectivity index (χ2v) is 7.08. The summed E-state index contributed by atoms with van der Waals surface area (Å²) < 4.78 is 10.2. The predicted molar refractivity (Wildman–Crippen MR) is 90.7 cm³/mol. The van der Waals surface area contributed by atoms with Crippen LogP contribution in [0, 0.1) is 0 Å². The minimum absolute atomic E-state index is 0.171. The third kappa shape index (κ3) is 4.47. The van der Waals surface area contributed by atoms with Gasteiger partial charge in [0.15, 0.2) is 0 Å². The van der Waals surface area contributed by atoms with E-state index in [9.17, 15) is 9.59 Å². The van der Waals surface area contributed by atoms with Crippen molar-refractivity contribution in [3.8, 4) is 0 Å². The first-order valence-electron chi connectivity index (χ1n) is 8.15. The van der Waals surface area contributed by atoms with Crippen LogP contribution in [0.2, 0.25) is 0 Å². The Balaban J connectivity index is 2.07. The highest BCUT2D eigenvalue weighted by molar-refractivity contribution is 5.94. The van der Waals surface area contributed by atoms with Crippen LogP contribution in [0.25, 0.3) is 0 Å². The van der Waals surface area contributed by atoms with E-state index in [4.69, 9.17) is 9.47 Å². The quantitative estimate of drug-likeness (QED) is 0.812. The van der Waals surface area contributed by atoms with E-state index in [1.165, 1.54) is 7.11 Å². The molecule has 0 radical (unpaired) electrons. The first-order valence-corrected chi connectivity index (χ1v) is 8.15. The van der Waals surface area contributed by atoms with Crippen molar-refractivity contribution >= 4 is 12.0 Å². The molecule has 0 bridgehead atoms. The number of alkyl carbamates (subject to hydrolysis) is 1. The third-order valence-corrected chi connectivity index (χ3v) is 4.02. The van der Waals surface area contributed by atoms with Gasteiger partial charge in [-0.15, -0.1) is 0 Å². The molecule has 1 aliphatic rings. The van der Waals surface area contributed by atoms with Gasteiger partial charge in [0.2, 0.25) is 0 Å². The molecule has 1 aromatic rings. The largest absolute Gasteiger partial charge is 0.444 e. The fourth-order valence-electron chi connectivity index (χ4n) is 2.70. The number of rotatable bonds is 5. The molecule has 2 rings (SSSR count). The van der Waals surface area contributed by atoms with Crippen molar-refractivity contribution in [1.82, 2.24) is 10.6 Å². The first-order chi connectivity index (χ1) is 11.3. The van der Waals surface area contributed by atoms with Gasteiger partial charge in [-0.2, -0.15) is 0 Å². The van der Waals surface area contributed by atoms with Crippen LogP contribution in [-0.4, -0.2) is 31.4 Å². The van der Waals surface area contributed by atoms with E-state index >= 15 is 0 Å². The summed E-state index contributed by atoms with van der Waals surface area (Å²) in [5.74, 6) is -0.189. The summed E-state index contributed by atoms with van der Waals surface area (Å²) in [6.45, 7) is 5.69. The number of hydrogen-bond acceptors (Lipinski definition) is 4. The van der Waals surface area contributed by atoms with Gasteiger partial charge < -0.3 is 20.1 Å². The zero-order valence-electron chi connectivity index (χ0n) is 14.8. The van der Waals surface area contributed by atoms with E-state index in [0.717, 1.165) is 24.8 Å². The van der Waals surface area contributed by atoms with Gasteiger partial charge in [-0.05, 0) is 57.7 Å². The number of carbonyl (C=O) groups is 2. The average Bonchev–Trinajstić information content (AvgIpc) is 2.47. The van der Waals surface area contributed by atoms with E-state index < -0.39 is 17.2 Å². The zero-order valence-corrected chi connectivity index (χ0v) is 14.8. The van der Waals surface area contributed by atoms with Crippen LogP contribution in [-0.2, 0) is 15.0 Å². The van der Waals surface area contributed by atoms with Gasteiger partial charge in [-0.25, -0.2) is 4.79 Å². The molecule has 0 unspecified atom stereocenters. The van der Waals surface area contributed by atoms with Gasteiger partial charge in [0.1, 0.15) is 12.3 Å². The number of methoxy groups -OCH3 is 1. The van der Waals surface area contributed by atoms with E-state index in [1.807, 2.05) is 32.9 Å². The van der Waals surface area contributed by atoms with Crippen molar-refractivity contribution < 1.29 is 19.1 Å². The highest BCUT2D eigenvalue weighted by atomic mass is 16.6. The van der Waals surface area contributed by atoms with E-state index in [0.29, 0.717) is 5.56 Å². The van der Waals surface area contributed by atoms with Crippen molar-refractivity contribution in [3.05, 3.63) is 35.4 Å². The highest BCUT2D eigenvalue weighted by Gasteiger charge is 2.41. The molecule has 0 atom stereocenters. The van der Waals surface area contributed by atoms with Gasteiger partial charge in [0.05, 0.1) is 5.54 Å². The number of hydrogen-bond donors (Lipinski definition) is 2. The van der Waals surface area contributed by atoms with Gasteiger partial charge in [0.25, 0.3) is 5.91 Å². The van der Waals surface area contributed by atoms with Crippen molar-refractivity contribution in [3.63, 3.8) is 0 Å². The molecule has 0 heterocycles. The maximum absolute atomic E-state index is 12.1. The Labute approximate surface area is 142 Å². The predicted octanol–water partition coefficient (Wildman–Crippen LogP) is 2.92. The summed E-state index contributed by atoms with van der Waals surface area (Å²) in [6, 6.07) is 7.30. The van der Waals surface area contributed by atoms with Gasteiger partial charge >= 0.3 is 6.09 Å². The molecule has 1 saturated carbocycles. The molecule has 1 fully saturated rings. The molecule has 0 aliphatic heterocycles. The van der Waals surface area contributed by atoms with Crippen LogP contribution in [0.15, 0.2) is 24.3 Å². The Morgan fingerprint density at radius 1 is 1.17 bits per heavy atom. The second-order valence-electron chi connectivity index (χ2n) is 7.08. The highest BCUT2D eigenvalue weighted by Crippen LogP contribution is 2.41. The minimum Gasteiger partial charge on any atom is -0.444 e. The molecular formula is C18H26N2O4. The summed E-state index contributed by atoms with van der Waals surface area (Å²) in [4.78, 5) is 24.0. The Bertz CT molecular complexity index is 586. The topological polar surface area (TPSA) is 76.7 Å². The Morgan fingerprint density at radius 2 is 1.79 bits per heavy atom. The maximum Gasteiger partial charge on any atom is 0.408 e. The molecule has 6 heteroatoms. The Kier molecular flexibility index (Phi) is 5.49. The molecule has 2 N–H and O–H groups in total. The summed E-state index contributed by atoms with van der Waals surface area (Å²) >= 11 is 0. The maximum atomic E-state index is 12.1. The van der Waals surface area contributed by atoms with E-state index in [-0.39, 0.29) is 12.6 Å². The lowest BCUT2D eigenvalue weighted by molar-refractivity contribution is 0.0377. The first kappa shape index (κ1) is 18.3. The van der Waals surface area contributed by atoms with E-state index in [1.54, 1.807) is 12.1 Å². The molecule has 132 valence electrons. The molecule has 1 aromatic carbocycles. The van der Waals surface area contributed by atoms with Crippen molar-refractivity contribution in [1.29, 1.82) is 0 Å². The molecule has 6 nitrogen and oxygen atoms in total. The monoisotopic (exact) mass is 334 g/mol. The number of carbonyl (C=O) groups excluding carboxylic acids is 2. The summed E-state index contributed by atoms with van der Waals surface area (Å²) in [7, 11) is 1.52. The van der Waals surface area contributed by atoms with Crippen LogP contribution in [0.4, 0.5) is 4.79 Å². The standard InChI is InChI=1S/C18H26N2O4/c1-17(2,3)24-16(22)20-18(10-5-11-18)14-8-6-13(7-9-14)15(21)19-12-23-4/h6-9H,5,10-12H2,1-4H3,(H,19,21)(H,20,22). The van der Waals surface area contributed by atoms with Gasteiger partial charge in [0, 0.05) is 12.7 Å². The number of amides is 2. The van der Waals surface area contributed by atoms with Crippen LogP contribution in [0.5, 0.6) is 0 Å². The van der Waals surface area contributed by atoms with Gasteiger partial charge in [-0.3, -0.25) is 4.79 Å². The Hall–Kier alpha value is -2.08. The smallest absolute Gasteiger partial charge is 0.408 e. The molecule has 0 aromatic heterocycles. The molecule has 24 heavy (non-hydrogen) atoms. The second kappa shape index (κ2) is 7.21. The summed E-state index contributed by atoms with van der Waals surface area (Å²) in [6.07, 6.45) is 2.36. The lowest BCUT2D eigenvalue weighted by Gasteiger charge is -2.43. The fourth-order valence-corrected chi connectivity index (χ4v) is 2.70. The van der Waals surface area contributed by atoms with Crippen molar-refractivity contribution in [2.75, 3.05) is 13.8 Å². The normalized spacial score (nSPS) is 16.0. The van der Waals surface area contributed by atoms with Crippen LogP contribution in [0.1, 0.15) is 56.0 Å². The summed E-state index contributed by atoms with van der Waals surface area (Å²) in [5.41, 5.74) is 0.618. The number of nitrogens with one attached hydrogen (secondary N) is 2. The third-order valence-electron chi connectivity index (χ3n) is 4.02. The molecule has 0 spiro atoms. The van der Waals surface area contributed by atoms with Crippen LogP contribution >= 0.6 is 0 Å². The minimum atomic E-state index is -0.529. The van der Waals surface area contributed by atoms with E-state index in [2.05, 4.69) is 10.6 Å². The molecule has 2 amide bonds. The fraction of sp³-hybridized carbons (Fsp3) is 0.556. The van der Waals surface area contributed by atoms with Crippen molar-refractivity contribution in [2.24, 2.45) is 0 Å². The number of benzene rings is 1. The zero-order chi connectivity index (χ0) is 17.8. The van der Waals surface area contributed by atoms with Gasteiger partial charge in [-0.1, -0.05) is 12.1 Å². The summed E-state index contributed by atoms with van der Waals surface area (Å²) in [5, 5.41) is 5.65. The van der Waals surface area contributed by atoms with Crippen LogP contribution in [0.3, 0.4) is 0 Å². The van der Waals surface area contributed by atoms with Crippen LogP contribution < -0.4 is 10.6 Å². The molecule has 1 aliphatic carbocycles. The Morgan fingerprint density at radius 3 is 2.25 bits per heavy atom.